The van der Waals surface area contributed by atoms with Crippen molar-refractivity contribution < 1.29 is 13.9 Å². The van der Waals surface area contributed by atoms with E-state index < -0.39 is 0 Å². The molecule has 4 heterocycles. The third-order valence-corrected chi connectivity index (χ3v) is 6.38. The predicted molar refractivity (Wildman–Crippen MR) is 128 cm³/mol. The highest BCUT2D eigenvalue weighted by molar-refractivity contribution is 5.90. The number of nitrogens with one attached hydrogen (secondary N) is 1. The minimum atomic E-state index is -0.372. The van der Waals surface area contributed by atoms with Gasteiger partial charge in [-0.1, -0.05) is 0 Å². The molecule has 1 unspecified atom stereocenters. The Morgan fingerprint density at radius 2 is 2.06 bits per heavy atom. The lowest BCUT2D eigenvalue weighted by molar-refractivity contribution is -0.132. The normalized spacial score (nSPS) is 16.7. The van der Waals surface area contributed by atoms with Crippen LogP contribution in [0.5, 0.6) is 5.88 Å². The highest BCUT2D eigenvalue weighted by Gasteiger charge is 2.25. The molecule has 1 amide bonds. The molecular formula is C24H28FN7O2. The molecule has 1 N–H and O–H groups in total. The number of methoxy groups -OCH3 is 1. The number of likely N-dealkylation sites (N-methyl/N-ethyl adjacent to an activating group) is 1. The summed E-state index contributed by atoms with van der Waals surface area (Å²) < 4.78 is 24.4. The van der Waals surface area contributed by atoms with E-state index in [0.29, 0.717) is 47.8 Å². The molecule has 4 aromatic rings. The van der Waals surface area contributed by atoms with Crippen LogP contribution in [0.3, 0.4) is 0 Å². The van der Waals surface area contributed by atoms with Crippen molar-refractivity contribution in [3.8, 4) is 17.0 Å². The number of fused-ring (bicyclic) bond motifs is 2. The maximum absolute atomic E-state index is 15.1. The molecule has 0 bridgehead atoms. The van der Waals surface area contributed by atoms with E-state index in [0.717, 1.165) is 16.9 Å². The average Bonchev–Trinajstić information content (AvgIpc) is 3.36. The van der Waals surface area contributed by atoms with Crippen molar-refractivity contribution in [2.45, 2.75) is 45.7 Å². The zero-order chi connectivity index (χ0) is 24.1. The van der Waals surface area contributed by atoms with Gasteiger partial charge in [0.2, 0.25) is 17.7 Å². The first kappa shape index (κ1) is 22.1. The SMILES string of the molecule is COc1nc(NC2CCC(=O)N(C)C2)nn2ccc(-c3cc(F)c4nc(C)n(C(C)C)c4c3)c12. The van der Waals surface area contributed by atoms with Crippen molar-refractivity contribution in [2.75, 3.05) is 26.0 Å². The van der Waals surface area contributed by atoms with Gasteiger partial charge in [0.15, 0.2) is 5.82 Å². The first-order valence-corrected chi connectivity index (χ1v) is 11.4. The number of rotatable bonds is 5. The Labute approximate surface area is 196 Å². The van der Waals surface area contributed by atoms with Gasteiger partial charge >= 0.3 is 0 Å². The number of carbonyl (C=O) groups is 1. The molecule has 1 atom stereocenters. The van der Waals surface area contributed by atoms with Crippen molar-refractivity contribution >= 4 is 28.4 Å². The maximum atomic E-state index is 15.1. The van der Waals surface area contributed by atoms with Crippen molar-refractivity contribution in [1.29, 1.82) is 0 Å². The molecule has 9 nitrogen and oxygen atoms in total. The smallest absolute Gasteiger partial charge is 0.244 e. The lowest BCUT2D eigenvalue weighted by Crippen LogP contribution is -2.43. The van der Waals surface area contributed by atoms with Crippen LogP contribution in [-0.2, 0) is 4.79 Å². The second-order valence-electron chi connectivity index (χ2n) is 9.07. The first-order valence-electron chi connectivity index (χ1n) is 11.4. The van der Waals surface area contributed by atoms with Gasteiger partial charge in [-0.15, -0.1) is 5.10 Å². The molecule has 178 valence electrons. The van der Waals surface area contributed by atoms with Gasteiger partial charge in [-0.05, 0) is 51.0 Å². The van der Waals surface area contributed by atoms with Gasteiger partial charge in [0.05, 0.1) is 12.6 Å². The molecule has 3 aromatic heterocycles. The third-order valence-electron chi connectivity index (χ3n) is 6.38. The summed E-state index contributed by atoms with van der Waals surface area (Å²) >= 11 is 0. The molecule has 5 rings (SSSR count). The minimum absolute atomic E-state index is 0.0518. The summed E-state index contributed by atoms with van der Waals surface area (Å²) in [5, 5.41) is 7.92. The number of ether oxygens (including phenoxy) is 1. The minimum Gasteiger partial charge on any atom is -0.479 e. The van der Waals surface area contributed by atoms with Crippen LogP contribution in [-0.4, -0.2) is 61.7 Å². The van der Waals surface area contributed by atoms with Gasteiger partial charge in [-0.3, -0.25) is 4.79 Å². The molecular weight excluding hydrogens is 437 g/mol. The quantitative estimate of drug-likeness (QED) is 0.482. The molecule has 1 aliphatic heterocycles. The summed E-state index contributed by atoms with van der Waals surface area (Å²) in [7, 11) is 3.35. The number of anilines is 1. The zero-order valence-corrected chi connectivity index (χ0v) is 20.0. The molecule has 1 aromatic carbocycles. The van der Waals surface area contributed by atoms with Crippen molar-refractivity contribution in [3.63, 3.8) is 0 Å². The standard InChI is InChI=1S/C24H28FN7O2/c1-13(2)32-14(3)26-21-18(25)10-15(11-19(21)32)17-8-9-31-22(17)23(34-5)28-24(29-31)27-16-6-7-20(33)30(4)12-16/h8-11,13,16H,6-7,12H2,1-5H3,(H,27,29). The van der Waals surface area contributed by atoms with Gasteiger partial charge in [0.25, 0.3) is 0 Å². The molecule has 1 aliphatic rings. The predicted octanol–water partition coefficient (Wildman–Crippen LogP) is 3.82. The van der Waals surface area contributed by atoms with E-state index in [-0.39, 0.29) is 23.8 Å². The van der Waals surface area contributed by atoms with Crippen LogP contribution in [0.1, 0.15) is 38.6 Å². The second-order valence-corrected chi connectivity index (χ2v) is 9.07. The third kappa shape index (κ3) is 3.63. The Bertz CT molecular complexity index is 1410. The van der Waals surface area contributed by atoms with E-state index in [1.54, 1.807) is 23.6 Å². The van der Waals surface area contributed by atoms with Gasteiger partial charge < -0.3 is 19.5 Å². The van der Waals surface area contributed by atoms with E-state index in [4.69, 9.17) is 4.74 Å². The van der Waals surface area contributed by atoms with E-state index >= 15 is 4.39 Å². The summed E-state index contributed by atoms with van der Waals surface area (Å²) in [5.41, 5.74) is 3.22. The molecule has 0 aliphatic carbocycles. The van der Waals surface area contributed by atoms with Gasteiger partial charge in [-0.2, -0.15) is 4.98 Å². The number of amides is 1. The van der Waals surface area contributed by atoms with Crippen LogP contribution in [0.4, 0.5) is 10.3 Å². The number of halogens is 1. The highest BCUT2D eigenvalue weighted by Crippen LogP contribution is 2.35. The van der Waals surface area contributed by atoms with Crippen molar-refractivity contribution in [3.05, 3.63) is 36.0 Å². The monoisotopic (exact) mass is 465 g/mol. The summed E-state index contributed by atoms with van der Waals surface area (Å²) in [6, 6.07) is 5.53. The van der Waals surface area contributed by atoms with Crippen LogP contribution in [0.25, 0.3) is 27.7 Å². The number of benzene rings is 1. The Morgan fingerprint density at radius 3 is 2.76 bits per heavy atom. The molecule has 34 heavy (non-hydrogen) atoms. The number of carbonyl (C=O) groups excluding carboxylic acids is 1. The number of hydrogen-bond acceptors (Lipinski definition) is 6. The van der Waals surface area contributed by atoms with Gasteiger partial charge in [0, 0.05) is 43.9 Å². The van der Waals surface area contributed by atoms with Crippen LogP contribution in [0, 0.1) is 12.7 Å². The van der Waals surface area contributed by atoms with E-state index in [9.17, 15) is 4.79 Å². The van der Waals surface area contributed by atoms with Crippen molar-refractivity contribution in [2.24, 2.45) is 0 Å². The number of aryl methyl sites for hydroxylation is 1. The average molecular weight is 466 g/mol. The number of imidazole rings is 1. The largest absolute Gasteiger partial charge is 0.479 e. The fourth-order valence-electron chi connectivity index (χ4n) is 4.82. The zero-order valence-electron chi connectivity index (χ0n) is 20.0. The Kier molecular flexibility index (Phi) is 5.38. The van der Waals surface area contributed by atoms with Crippen LogP contribution >= 0.6 is 0 Å². The Morgan fingerprint density at radius 1 is 1.26 bits per heavy atom. The number of hydrogen-bond donors (Lipinski definition) is 1. The summed E-state index contributed by atoms with van der Waals surface area (Å²) in [6.45, 7) is 6.58. The lowest BCUT2D eigenvalue weighted by atomic mass is 10.1. The maximum Gasteiger partial charge on any atom is 0.244 e. The summed E-state index contributed by atoms with van der Waals surface area (Å²) in [4.78, 5) is 22.5. The summed E-state index contributed by atoms with van der Waals surface area (Å²) in [6.07, 6.45) is 3.01. The Balaban J connectivity index is 1.57. The molecule has 0 saturated carbocycles. The number of nitrogens with zero attached hydrogens (tertiary/aromatic N) is 6. The highest BCUT2D eigenvalue weighted by atomic mass is 19.1. The number of likely N-dealkylation sites (tertiary alicyclic amines) is 1. The van der Waals surface area contributed by atoms with Crippen LogP contribution < -0.4 is 10.1 Å². The number of aromatic nitrogens is 5. The fraction of sp³-hybridized carbons (Fsp3) is 0.417. The molecule has 1 fully saturated rings. The van der Waals surface area contributed by atoms with Crippen LogP contribution in [0.2, 0.25) is 0 Å². The topological polar surface area (TPSA) is 89.6 Å². The molecule has 1 saturated heterocycles. The first-order chi connectivity index (χ1) is 16.3. The van der Waals surface area contributed by atoms with Crippen molar-refractivity contribution in [1.82, 2.24) is 29.0 Å². The van der Waals surface area contributed by atoms with Gasteiger partial charge in [0.1, 0.15) is 16.9 Å². The fourth-order valence-corrected chi connectivity index (χ4v) is 4.82. The Hall–Kier alpha value is -3.69. The summed E-state index contributed by atoms with van der Waals surface area (Å²) in [5.74, 6) is 1.33. The number of piperidine rings is 1. The second kappa shape index (κ2) is 8.27. The van der Waals surface area contributed by atoms with Gasteiger partial charge in [-0.25, -0.2) is 13.9 Å². The van der Waals surface area contributed by atoms with E-state index in [1.165, 1.54) is 6.07 Å². The van der Waals surface area contributed by atoms with Crippen LogP contribution in [0.15, 0.2) is 24.4 Å². The molecule has 0 spiro atoms. The lowest BCUT2D eigenvalue weighted by Gasteiger charge is -2.30. The molecule has 10 heteroatoms. The van der Waals surface area contributed by atoms with E-state index in [1.807, 2.05) is 29.8 Å². The molecule has 0 radical (unpaired) electrons. The van der Waals surface area contributed by atoms with E-state index in [2.05, 4.69) is 34.2 Å².